The van der Waals surface area contributed by atoms with Gasteiger partial charge in [-0.3, -0.25) is 4.79 Å². The number of carbonyl (C=O) groups is 1. The van der Waals surface area contributed by atoms with Gasteiger partial charge in [-0.25, -0.2) is 5.43 Å². The van der Waals surface area contributed by atoms with E-state index in [4.69, 9.17) is 5.73 Å². The molecule has 0 saturated carbocycles. The van der Waals surface area contributed by atoms with Crippen LogP contribution in [0.15, 0.2) is 47.6 Å². The summed E-state index contributed by atoms with van der Waals surface area (Å²) in [6.07, 6.45) is 0. The predicted molar refractivity (Wildman–Crippen MR) is 86.4 cm³/mol. The Balaban J connectivity index is 2.10. The molecule has 21 heavy (non-hydrogen) atoms. The Morgan fingerprint density at radius 3 is 2.24 bits per heavy atom. The third-order valence-electron chi connectivity index (χ3n) is 3.42. The standard InChI is InChI=1S/C17H19N3O/c1-11-4-5-15(10-12(11)2)13(3)19-20-17(21)14-6-8-16(18)9-7-14/h4-10H,18H2,1-3H3,(H,20,21). The number of amides is 1. The third-order valence-corrected chi connectivity index (χ3v) is 3.42. The lowest BCUT2D eigenvalue weighted by atomic mass is 10.0. The summed E-state index contributed by atoms with van der Waals surface area (Å²) in [6, 6.07) is 12.8. The fourth-order valence-corrected chi connectivity index (χ4v) is 1.86. The van der Waals surface area contributed by atoms with Crippen LogP contribution in [0.4, 0.5) is 5.69 Å². The smallest absolute Gasteiger partial charge is 0.271 e. The van der Waals surface area contributed by atoms with E-state index in [0.29, 0.717) is 11.3 Å². The molecule has 2 rings (SSSR count). The normalized spacial score (nSPS) is 11.3. The highest BCUT2D eigenvalue weighted by Gasteiger charge is 2.05. The number of nitrogens with zero attached hydrogens (tertiary/aromatic N) is 1. The fraction of sp³-hybridized carbons (Fsp3) is 0.176. The molecule has 108 valence electrons. The van der Waals surface area contributed by atoms with Crippen molar-refractivity contribution in [3.8, 4) is 0 Å². The molecule has 0 bridgehead atoms. The van der Waals surface area contributed by atoms with Crippen molar-refractivity contribution in [3.63, 3.8) is 0 Å². The van der Waals surface area contributed by atoms with E-state index < -0.39 is 0 Å². The highest BCUT2D eigenvalue weighted by molar-refractivity contribution is 6.01. The van der Waals surface area contributed by atoms with Gasteiger partial charge in [0.1, 0.15) is 0 Å². The van der Waals surface area contributed by atoms with E-state index >= 15 is 0 Å². The van der Waals surface area contributed by atoms with Gasteiger partial charge in [0.25, 0.3) is 5.91 Å². The quantitative estimate of drug-likeness (QED) is 0.516. The number of rotatable bonds is 3. The first-order chi connectivity index (χ1) is 9.97. The maximum Gasteiger partial charge on any atom is 0.271 e. The van der Waals surface area contributed by atoms with Crippen LogP contribution in [0, 0.1) is 13.8 Å². The lowest BCUT2D eigenvalue weighted by Gasteiger charge is -2.06. The van der Waals surface area contributed by atoms with E-state index in [-0.39, 0.29) is 5.91 Å². The van der Waals surface area contributed by atoms with E-state index in [1.54, 1.807) is 24.3 Å². The van der Waals surface area contributed by atoms with Crippen molar-refractivity contribution < 1.29 is 4.79 Å². The number of carbonyl (C=O) groups excluding carboxylic acids is 1. The predicted octanol–water partition coefficient (Wildman–Crippen LogP) is 3.04. The molecular formula is C17H19N3O. The Morgan fingerprint density at radius 2 is 1.62 bits per heavy atom. The van der Waals surface area contributed by atoms with Crippen LogP contribution in [-0.4, -0.2) is 11.6 Å². The molecule has 3 N–H and O–H groups in total. The number of hydrogen-bond acceptors (Lipinski definition) is 3. The molecule has 0 unspecified atom stereocenters. The number of hydrogen-bond donors (Lipinski definition) is 2. The second-order valence-electron chi connectivity index (χ2n) is 5.06. The first-order valence-electron chi connectivity index (χ1n) is 6.75. The molecule has 4 heteroatoms. The Bertz CT molecular complexity index is 688. The van der Waals surface area contributed by atoms with Crippen molar-refractivity contribution in [1.29, 1.82) is 0 Å². The zero-order valence-electron chi connectivity index (χ0n) is 12.5. The van der Waals surface area contributed by atoms with E-state index in [2.05, 4.69) is 30.4 Å². The van der Waals surface area contributed by atoms with Gasteiger partial charge < -0.3 is 5.73 Å². The molecule has 0 spiro atoms. The molecule has 2 aromatic carbocycles. The summed E-state index contributed by atoms with van der Waals surface area (Å²) in [6.45, 7) is 5.99. The van der Waals surface area contributed by atoms with Gasteiger partial charge in [-0.1, -0.05) is 12.1 Å². The van der Waals surface area contributed by atoms with Gasteiger partial charge in [0.15, 0.2) is 0 Å². The van der Waals surface area contributed by atoms with Crippen molar-refractivity contribution in [2.24, 2.45) is 5.10 Å². The largest absolute Gasteiger partial charge is 0.399 e. The molecule has 0 aliphatic carbocycles. The molecule has 0 fully saturated rings. The number of anilines is 1. The topological polar surface area (TPSA) is 67.5 Å². The van der Waals surface area contributed by atoms with Gasteiger partial charge in [0, 0.05) is 11.3 Å². The molecule has 0 aliphatic heterocycles. The molecule has 1 amide bonds. The summed E-state index contributed by atoms with van der Waals surface area (Å²) in [5, 5.41) is 4.15. The zero-order valence-corrected chi connectivity index (χ0v) is 12.5. The average Bonchev–Trinajstić information content (AvgIpc) is 2.48. The Labute approximate surface area is 124 Å². The lowest BCUT2D eigenvalue weighted by Crippen LogP contribution is -2.19. The minimum absolute atomic E-state index is 0.252. The lowest BCUT2D eigenvalue weighted by molar-refractivity contribution is 0.0955. The number of nitrogens with two attached hydrogens (primary N) is 1. The third kappa shape index (κ3) is 3.69. The maximum absolute atomic E-state index is 12.0. The van der Waals surface area contributed by atoms with Gasteiger partial charge in [0.05, 0.1) is 5.71 Å². The van der Waals surface area contributed by atoms with Crippen molar-refractivity contribution >= 4 is 17.3 Å². The van der Waals surface area contributed by atoms with Gasteiger partial charge in [-0.2, -0.15) is 5.10 Å². The minimum atomic E-state index is -0.252. The highest BCUT2D eigenvalue weighted by atomic mass is 16.2. The molecule has 0 aliphatic rings. The van der Waals surface area contributed by atoms with E-state index in [1.165, 1.54) is 11.1 Å². The average molecular weight is 281 g/mol. The van der Waals surface area contributed by atoms with Crippen LogP contribution in [0.3, 0.4) is 0 Å². The van der Waals surface area contributed by atoms with Gasteiger partial charge >= 0.3 is 0 Å². The number of benzene rings is 2. The molecule has 0 atom stereocenters. The summed E-state index contributed by atoms with van der Waals surface area (Å²) in [7, 11) is 0. The summed E-state index contributed by atoms with van der Waals surface area (Å²) >= 11 is 0. The second kappa shape index (κ2) is 6.22. The van der Waals surface area contributed by atoms with E-state index in [9.17, 15) is 4.79 Å². The number of aryl methyl sites for hydroxylation is 2. The van der Waals surface area contributed by atoms with Crippen molar-refractivity contribution in [3.05, 3.63) is 64.7 Å². The van der Waals surface area contributed by atoms with Crippen molar-refractivity contribution in [1.82, 2.24) is 5.43 Å². The molecule has 2 aromatic rings. The van der Waals surface area contributed by atoms with Crippen LogP contribution in [0.5, 0.6) is 0 Å². The summed E-state index contributed by atoms with van der Waals surface area (Å²) in [5.74, 6) is -0.252. The van der Waals surface area contributed by atoms with Crippen LogP contribution in [0.2, 0.25) is 0 Å². The summed E-state index contributed by atoms with van der Waals surface area (Å²) < 4.78 is 0. The Kier molecular flexibility index (Phi) is 4.38. The number of nitrogen functional groups attached to an aromatic ring is 1. The Morgan fingerprint density at radius 1 is 1.00 bits per heavy atom. The fourth-order valence-electron chi connectivity index (χ4n) is 1.86. The molecular weight excluding hydrogens is 262 g/mol. The Hall–Kier alpha value is -2.62. The molecule has 0 radical (unpaired) electrons. The molecule has 4 nitrogen and oxygen atoms in total. The highest BCUT2D eigenvalue weighted by Crippen LogP contribution is 2.11. The first-order valence-corrected chi connectivity index (χ1v) is 6.75. The van der Waals surface area contributed by atoms with Crippen LogP contribution < -0.4 is 11.2 Å². The molecule has 0 heterocycles. The molecule has 0 saturated heterocycles. The summed E-state index contributed by atoms with van der Waals surface area (Å²) in [5.41, 5.74) is 13.5. The zero-order chi connectivity index (χ0) is 15.4. The van der Waals surface area contributed by atoms with Crippen LogP contribution in [0.25, 0.3) is 0 Å². The van der Waals surface area contributed by atoms with Crippen LogP contribution in [0.1, 0.15) is 34.0 Å². The van der Waals surface area contributed by atoms with E-state index in [1.807, 2.05) is 19.1 Å². The first kappa shape index (κ1) is 14.8. The van der Waals surface area contributed by atoms with Gasteiger partial charge in [-0.15, -0.1) is 0 Å². The van der Waals surface area contributed by atoms with Gasteiger partial charge in [0.2, 0.25) is 0 Å². The second-order valence-corrected chi connectivity index (χ2v) is 5.06. The van der Waals surface area contributed by atoms with Crippen molar-refractivity contribution in [2.75, 3.05) is 5.73 Å². The van der Waals surface area contributed by atoms with Gasteiger partial charge in [-0.05, 0) is 67.8 Å². The van der Waals surface area contributed by atoms with E-state index in [0.717, 1.165) is 11.3 Å². The van der Waals surface area contributed by atoms with Crippen LogP contribution in [-0.2, 0) is 0 Å². The molecule has 0 aromatic heterocycles. The maximum atomic E-state index is 12.0. The minimum Gasteiger partial charge on any atom is -0.399 e. The SMILES string of the molecule is CC(=NNC(=O)c1ccc(N)cc1)c1ccc(C)c(C)c1. The number of hydrazone groups is 1. The monoisotopic (exact) mass is 281 g/mol. The van der Waals surface area contributed by atoms with Crippen LogP contribution >= 0.6 is 0 Å². The number of nitrogens with one attached hydrogen (secondary N) is 1. The summed E-state index contributed by atoms with van der Waals surface area (Å²) in [4.78, 5) is 12.0. The van der Waals surface area contributed by atoms with Crippen molar-refractivity contribution in [2.45, 2.75) is 20.8 Å².